The van der Waals surface area contributed by atoms with Gasteiger partial charge in [0.25, 0.3) is 0 Å². The second-order valence-corrected chi connectivity index (χ2v) is 5.49. The molecule has 1 aliphatic heterocycles. The van der Waals surface area contributed by atoms with Crippen LogP contribution in [0.1, 0.15) is 30.0 Å². The number of aliphatic hydroxyl groups is 1. The van der Waals surface area contributed by atoms with Crippen LogP contribution < -0.4 is 5.32 Å². The largest absolute Gasteiger partial charge is 0.479 e. The number of benzene rings is 1. The summed E-state index contributed by atoms with van der Waals surface area (Å²) >= 11 is 0. The number of hydrogen-bond acceptors (Lipinski definition) is 4. The predicted molar refractivity (Wildman–Crippen MR) is 72.6 cm³/mol. The molecule has 0 spiro atoms. The second kappa shape index (κ2) is 5.46. The van der Waals surface area contributed by atoms with E-state index in [4.69, 9.17) is 9.84 Å². The van der Waals surface area contributed by atoms with Crippen LogP contribution in [0.2, 0.25) is 0 Å². The van der Waals surface area contributed by atoms with E-state index < -0.39 is 30.3 Å². The van der Waals surface area contributed by atoms with Crippen molar-refractivity contribution < 1.29 is 24.5 Å². The minimum Gasteiger partial charge on any atom is -0.479 e. The molecule has 21 heavy (non-hydrogen) atoms. The molecule has 6 nitrogen and oxygen atoms in total. The molecule has 0 radical (unpaired) electrons. The van der Waals surface area contributed by atoms with E-state index in [1.165, 1.54) is 0 Å². The molecular formula is C15H17NO5. The number of carbonyl (C=O) groups is 2. The van der Waals surface area contributed by atoms with E-state index in [1.54, 1.807) is 0 Å². The number of nitrogens with one attached hydrogen (secondary N) is 1. The maximum Gasteiger partial charge on any atom is 0.332 e. The van der Waals surface area contributed by atoms with E-state index >= 15 is 0 Å². The fraction of sp³-hybridized carbons (Fsp3) is 0.467. The van der Waals surface area contributed by atoms with Crippen LogP contribution in [0, 0.1) is 0 Å². The standard InChI is InChI=1S/C15H17NO5/c17-10-7-8-3-1-2-4-9(8)13(10)16-14(18)11-5-6-12(21-11)15(19)20/h1-4,10-13,17H,5-7H2,(H,16,18)(H,19,20)/t10-,11?,12?,13+/m1/s1. The number of carbonyl (C=O) groups excluding carboxylic acids is 1. The van der Waals surface area contributed by atoms with Gasteiger partial charge in [0.1, 0.15) is 6.10 Å². The van der Waals surface area contributed by atoms with Crippen LogP contribution in [0.25, 0.3) is 0 Å². The van der Waals surface area contributed by atoms with Gasteiger partial charge in [0.15, 0.2) is 6.10 Å². The number of ether oxygens (including phenoxy) is 1. The molecule has 2 unspecified atom stereocenters. The van der Waals surface area contributed by atoms with E-state index in [-0.39, 0.29) is 5.91 Å². The summed E-state index contributed by atoms with van der Waals surface area (Å²) in [5.74, 6) is -1.41. The summed E-state index contributed by atoms with van der Waals surface area (Å²) < 4.78 is 5.22. The smallest absolute Gasteiger partial charge is 0.332 e. The number of aliphatic carboxylic acids is 1. The van der Waals surface area contributed by atoms with E-state index in [1.807, 2.05) is 24.3 Å². The number of carboxylic acid groups (broad SMARTS) is 1. The van der Waals surface area contributed by atoms with Crippen molar-refractivity contribution in [2.75, 3.05) is 0 Å². The minimum atomic E-state index is -1.04. The first-order valence-corrected chi connectivity index (χ1v) is 7.01. The molecule has 6 heteroatoms. The summed E-state index contributed by atoms with van der Waals surface area (Å²) in [4.78, 5) is 23.0. The summed E-state index contributed by atoms with van der Waals surface area (Å²) in [6.45, 7) is 0. The van der Waals surface area contributed by atoms with Gasteiger partial charge in [-0.2, -0.15) is 0 Å². The number of fused-ring (bicyclic) bond motifs is 1. The topological polar surface area (TPSA) is 95.9 Å². The average molecular weight is 291 g/mol. The summed E-state index contributed by atoms with van der Waals surface area (Å²) in [6, 6.07) is 7.11. The third-order valence-electron chi connectivity index (χ3n) is 4.09. The van der Waals surface area contributed by atoms with Crippen molar-refractivity contribution in [3.8, 4) is 0 Å². The third-order valence-corrected chi connectivity index (χ3v) is 4.09. The summed E-state index contributed by atoms with van der Waals surface area (Å²) in [7, 11) is 0. The molecule has 1 heterocycles. The molecular weight excluding hydrogens is 274 g/mol. The number of carboxylic acids is 1. The van der Waals surface area contributed by atoms with Crippen LogP contribution in [0.5, 0.6) is 0 Å². The minimum absolute atomic E-state index is 0.331. The summed E-state index contributed by atoms with van der Waals surface area (Å²) in [5, 5.41) is 21.7. The van der Waals surface area contributed by atoms with Gasteiger partial charge in [-0.15, -0.1) is 0 Å². The lowest BCUT2D eigenvalue weighted by molar-refractivity contribution is -0.152. The van der Waals surface area contributed by atoms with Gasteiger partial charge in [0, 0.05) is 6.42 Å². The molecule has 1 aliphatic carbocycles. The molecule has 0 bridgehead atoms. The van der Waals surface area contributed by atoms with E-state index in [2.05, 4.69) is 5.32 Å². The normalized spacial score (nSPS) is 30.9. The fourth-order valence-corrected chi connectivity index (χ4v) is 3.01. The highest BCUT2D eigenvalue weighted by Crippen LogP contribution is 2.31. The molecule has 1 saturated heterocycles. The number of hydrogen-bond donors (Lipinski definition) is 3. The first-order valence-electron chi connectivity index (χ1n) is 7.01. The highest BCUT2D eigenvalue weighted by molar-refractivity contribution is 5.83. The van der Waals surface area contributed by atoms with Crippen molar-refractivity contribution in [2.24, 2.45) is 0 Å². The summed E-state index contributed by atoms with van der Waals surface area (Å²) in [6.07, 6.45) is -1.12. The zero-order valence-corrected chi connectivity index (χ0v) is 11.4. The van der Waals surface area contributed by atoms with Gasteiger partial charge in [0.05, 0.1) is 12.1 Å². The molecule has 3 N–H and O–H groups in total. The maximum absolute atomic E-state index is 12.2. The van der Waals surface area contributed by atoms with Gasteiger partial charge < -0.3 is 20.3 Å². The van der Waals surface area contributed by atoms with Gasteiger partial charge >= 0.3 is 5.97 Å². The van der Waals surface area contributed by atoms with E-state index in [9.17, 15) is 14.7 Å². The van der Waals surface area contributed by atoms with Crippen LogP contribution in [-0.2, 0) is 20.7 Å². The van der Waals surface area contributed by atoms with Crippen molar-refractivity contribution in [1.82, 2.24) is 5.32 Å². The van der Waals surface area contributed by atoms with Crippen molar-refractivity contribution in [3.05, 3.63) is 35.4 Å². The molecule has 0 aromatic heterocycles. The Bertz CT molecular complexity index is 573. The van der Waals surface area contributed by atoms with Gasteiger partial charge in [0.2, 0.25) is 5.91 Å². The van der Waals surface area contributed by atoms with Gasteiger partial charge in [-0.3, -0.25) is 4.79 Å². The molecule has 1 fully saturated rings. The molecule has 4 atom stereocenters. The van der Waals surface area contributed by atoms with E-state index in [0.717, 1.165) is 11.1 Å². The molecule has 2 aliphatic rings. The van der Waals surface area contributed by atoms with Crippen LogP contribution in [0.3, 0.4) is 0 Å². The summed E-state index contributed by atoms with van der Waals surface area (Å²) in [5.41, 5.74) is 1.93. The van der Waals surface area contributed by atoms with Crippen molar-refractivity contribution >= 4 is 11.9 Å². The third kappa shape index (κ3) is 2.64. The lowest BCUT2D eigenvalue weighted by Gasteiger charge is -2.20. The van der Waals surface area contributed by atoms with Crippen LogP contribution in [0.15, 0.2) is 24.3 Å². The Morgan fingerprint density at radius 3 is 2.62 bits per heavy atom. The Labute approximate surface area is 121 Å². The quantitative estimate of drug-likeness (QED) is 0.749. The molecule has 1 aromatic rings. The van der Waals surface area contributed by atoms with Gasteiger partial charge in [-0.25, -0.2) is 4.79 Å². The highest BCUT2D eigenvalue weighted by Gasteiger charge is 2.38. The number of amides is 1. The van der Waals surface area contributed by atoms with Crippen molar-refractivity contribution in [1.29, 1.82) is 0 Å². The Kier molecular flexibility index (Phi) is 3.65. The maximum atomic E-state index is 12.2. The Balaban J connectivity index is 1.67. The Hall–Kier alpha value is -1.92. The Morgan fingerprint density at radius 2 is 1.90 bits per heavy atom. The molecule has 3 rings (SSSR count). The van der Waals surface area contributed by atoms with E-state index in [0.29, 0.717) is 19.3 Å². The first-order chi connectivity index (χ1) is 10.1. The van der Waals surface area contributed by atoms with Crippen LogP contribution in [0.4, 0.5) is 0 Å². The fourth-order valence-electron chi connectivity index (χ4n) is 3.01. The van der Waals surface area contributed by atoms with Crippen LogP contribution in [-0.4, -0.2) is 40.4 Å². The van der Waals surface area contributed by atoms with Gasteiger partial charge in [-0.1, -0.05) is 24.3 Å². The molecule has 1 aromatic carbocycles. The molecule has 112 valence electrons. The lowest BCUT2D eigenvalue weighted by Crippen LogP contribution is -2.40. The average Bonchev–Trinajstić information content (AvgIpc) is 3.05. The Morgan fingerprint density at radius 1 is 1.19 bits per heavy atom. The second-order valence-electron chi connectivity index (χ2n) is 5.49. The zero-order valence-electron chi connectivity index (χ0n) is 11.4. The number of aliphatic hydroxyl groups excluding tert-OH is 1. The predicted octanol–water partition coefficient (Wildman–Crippen LogP) is 0.393. The molecule has 1 amide bonds. The van der Waals surface area contributed by atoms with Crippen LogP contribution >= 0.6 is 0 Å². The van der Waals surface area contributed by atoms with Crippen molar-refractivity contribution in [2.45, 2.75) is 43.6 Å². The highest BCUT2D eigenvalue weighted by atomic mass is 16.5. The lowest BCUT2D eigenvalue weighted by atomic mass is 10.1. The first kappa shape index (κ1) is 14.0. The zero-order chi connectivity index (χ0) is 15.0. The number of rotatable bonds is 3. The monoisotopic (exact) mass is 291 g/mol. The molecule has 0 saturated carbocycles. The van der Waals surface area contributed by atoms with Crippen molar-refractivity contribution in [3.63, 3.8) is 0 Å². The van der Waals surface area contributed by atoms with Gasteiger partial charge in [-0.05, 0) is 24.0 Å². The SMILES string of the molecule is O=C(O)C1CCC(C(=O)N[C@H]2c3ccccc3C[C@H]2O)O1.